The number of rotatable bonds is 10. The molecule has 0 fully saturated rings. The van der Waals surface area contributed by atoms with Crippen LogP contribution in [0.3, 0.4) is 0 Å². The van der Waals surface area contributed by atoms with Gasteiger partial charge in [-0.15, -0.1) is 5.10 Å². The number of H-pyrrole nitrogens is 1. The maximum Gasteiger partial charge on any atom is 0.327 e. The average molecular weight is 533 g/mol. The number of benzene rings is 2. The van der Waals surface area contributed by atoms with Gasteiger partial charge < -0.3 is 19.2 Å². The van der Waals surface area contributed by atoms with Gasteiger partial charge >= 0.3 is 5.97 Å². The fourth-order valence-corrected chi connectivity index (χ4v) is 5.11. The van der Waals surface area contributed by atoms with Crippen molar-refractivity contribution in [3.05, 3.63) is 74.8 Å². The predicted molar refractivity (Wildman–Crippen MR) is 143 cm³/mol. The highest BCUT2D eigenvalue weighted by atomic mass is 16.7. The van der Waals surface area contributed by atoms with Crippen molar-refractivity contribution < 1.29 is 19.0 Å². The second kappa shape index (κ2) is 11.2. The molecule has 0 aliphatic carbocycles. The molecule has 0 saturated carbocycles. The minimum absolute atomic E-state index is 0.0976. The first-order valence-corrected chi connectivity index (χ1v) is 13.0. The van der Waals surface area contributed by atoms with Crippen molar-refractivity contribution in [1.82, 2.24) is 30.1 Å². The molecule has 1 N–H and O–H groups in total. The monoisotopic (exact) mass is 532 g/mol. The number of carbonyl (C=O) groups excluding carboxylic acids is 1. The lowest BCUT2D eigenvalue weighted by Gasteiger charge is -2.30. The summed E-state index contributed by atoms with van der Waals surface area (Å²) in [7, 11) is 0. The molecule has 0 saturated heterocycles. The number of ether oxygens (including phenoxy) is 3. The second-order valence-electron chi connectivity index (χ2n) is 9.69. The summed E-state index contributed by atoms with van der Waals surface area (Å²) in [4.78, 5) is 30.7. The van der Waals surface area contributed by atoms with E-state index in [2.05, 4.69) is 37.5 Å². The zero-order valence-electron chi connectivity index (χ0n) is 22.6. The number of aromatic nitrogens is 5. The van der Waals surface area contributed by atoms with Gasteiger partial charge in [0, 0.05) is 18.7 Å². The summed E-state index contributed by atoms with van der Waals surface area (Å²) < 4.78 is 17.6. The van der Waals surface area contributed by atoms with Crippen LogP contribution < -0.4 is 15.0 Å². The Kier molecular flexibility index (Phi) is 7.60. The van der Waals surface area contributed by atoms with Gasteiger partial charge in [-0.1, -0.05) is 24.6 Å². The highest BCUT2D eigenvalue weighted by molar-refractivity contribution is 5.82. The molecule has 11 heteroatoms. The lowest BCUT2D eigenvalue weighted by molar-refractivity contribution is -0.144. The van der Waals surface area contributed by atoms with Crippen molar-refractivity contribution in [2.45, 2.75) is 59.8 Å². The number of pyridine rings is 1. The van der Waals surface area contributed by atoms with Gasteiger partial charge in [0.05, 0.1) is 18.2 Å². The van der Waals surface area contributed by atoms with E-state index < -0.39 is 5.97 Å². The van der Waals surface area contributed by atoms with E-state index in [4.69, 9.17) is 14.2 Å². The number of hydrogen-bond acceptors (Lipinski definition) is 9. The standard InChI is InChI=1S/C28H32N6O5/c1-5-22(27-30-31-32-34(27)15-25(35)37-6-2)33(13-19-7-8-23-24(11-19)39-16-38-23)14-21-12-20-10-17(3)9-18(4)26(20)29-28(21)36/h7-12,22H,5-6,13-16H2,1-4H3,(H,29,36)/t22-/m1/s1. The Hall–Kier alpha value is -4.25. The first-order valence-electron chi connectivity index (χ1n) is 13.0. The highest BCUT2D eigenvalue weighted by Gasteiger charge is 2.27. The van der Waals surface area contributed by atoms with Gasteiger partial charge in [-0.05, 0) is 78.4 Å². The Balaban J connectivity index is 1.53. The van der Waals surface area contributed by atoms with Gasteiger partial charge in [0.1, 0.15) is 6.54 Å². The average Bonchev–Trinajstić information content (AvgIpc) is 3.55. The Labute approximate surface area is 225 Å². The third kappa shape index (κ3) is 5.63. The SMILES string of the molecule is CCOC(=O)Cn1nnnc1[C@@H](CC)N(Cc1ccc2c(c1)OCO2)Cc1cc2cc(C)cc(C)c2[nH]c1=O. The van der Waals surface area contributed by atoms with E-state index in [-0.39, 0.29) is 31.5 Å². The van der Waals surface area contributed by atoms with Crippen LogP contribution >= 0.6 is 0 Å². The summed E-state index contributed by atoms with van der Waals surface area (Å²) in [5, 5.41) is 13.2. The molecule has 1 aliphatic rings. The van der Waals surface area contributed by atoms with Crippen LogP contribution in [0.25, 0.3) is 10.9 Å². The third-order valence-corrected chi connectivity index (χ3v) is 6.84. The van der Waals surface area contributed by atoms with Crippen LogP contribution in [0.15, 0.2) is 41.2 Å². The van der Waals surface area contributed by atoms with Gasteiger partial charge in [0.2, 0.25) is 6.79 Å². The molecule has 0 spiro atoms. The van der Waals surface area contributed by atoms with Gasteiger partial charge in [-0.3, -0.25) is 14.5 Å². The number of tetrazole rings is 1. The maximum atomic E-state index is 13.3. The minimum atomic E-state index is -0.417. The van der Waals surface area contributed by atoms with Crippen LogP contribution in [0.4, 0.5) is 0 Å². The lowest BCUT2D eigenvalue weighted by atomic mass is 10.0. The summed E-state index contributed by atoms with van der Waals surface area (Å²) in [5.74, 6) is 1.49. The number of aryl methyl sites for hydroxylation is 2. The van der Waals surface area contributed by atoms with Crippen LogP contribution in [0.5, 0.6) is 11.5 Å². The quantitative estimate of drug-likeness (QED) is 0.305. The summed E-state index contributed by atoms with van der Waals surface area (Å²) in [5.41, 5.74) is 4.44. The first-order chi connectivity index (χ1) is 18.9. The molecule has 11 nitrogen and oxygen atoms in total. The number of carbonyl (C=O) groups is 1. The molecule has 1 aliphatic heterocycles. The van der Waals surface area contributed by atoms with E-state index in [1.807, 2.05) is 45.0 Å². The number of aromatic amines is 1. The minimum Gasteiger partial charge on any atom is -0.465 e. The zero-order valence-corrected chi connectivity index (χ0v) is 22.6. The number of hydrogen-bond donors (Lipinski definition) is 1. The molecule has 204 valence electrons. The van der Waals surface area contributed by atoms with Crippen LogP contribution in [0, 0.1) is 13.8 Å². The van der Waals surface area contributed by atoms with E-state index in [1.54, 1.807) is 6.92 Å². The molecule has 0 radical (unpaired) electrons. The number of esters is 1. The van der Waals surface area contributed by atoms with E-state index in [1.165, 1.54) is 4.68 Å². The Morgan fingerprint density at radius 3 is 2.74 bits per heavy atom. The molecule has 0 amide bonds. The molecule has 4 aromatic rings. The van der Waals surface area contributed by atoms with Crippen LogP contribution in [-0.2, 0) is 29.2 Å². The Morgan fingerprint density at radius 1 is 1.13 bits per heavy atom. The molecule has 0 unspecified atom stereocenters. The Morgan fingerprint density at radius 2 is 1.95 bits per heavy atom. The molecule has 3 heterocycles. The van der Waals surface area contributed by atoms with Crippen molar-refractivity contribution in [2.24, 2.45) is 0 Å². The van der Waals surface area contributed by atoms with Crippen LogP contribution in [-0.4, -0.2) is 49.5 Å². The molecule has 5 rings (SSSR count). The van der Waals surface area contributed by atoms with Gasteiger partial charge in [0.15, 0.2) is 17.3 Å². The zero-order chi connectivity index (χ0) is 27.5. The number of nitrogens with one attached hydrogen (secondary N) is 1. The van der Waals surface area contributed by atoms with E-state index >= 15 is 0 Å². The smallest absolute Gasteiger partial charge is 0.327 e. The predicted octanol–water partition coefficient (Wildman–Crippen LogP) is 3.58. The summed E-state index contributed by atoms with van der Waals surface area (Å²) >= 11 is 0. The van der Waals surface area contributed by atoms with Crippen molar-refractivity contribution in [1.29, 1.82) is 0 Å². The van der Waals surface area contributed by atoms with Crippen LogP contribution in [0.1, 0.15) is 54.4 Å². The highest BCUT2D eigenvalue weighted by Crippen LogP contribution is 2.34. The van der Waals surface area contributed by atoms with E-state index in [0.29, 0.717) is 42.4 Å². The van der Waals surface area contributed by atoms with Gasteiger partial charge in [-0.2, -0.15) is 0 Å². The normalized spacial score (nSPS) is 13.3. The summed E-state index contributed by atoms with van der Waals surface area (Å²) in [6, 6.07) is 11.6. The molecule has 0 bridgehead atoms. The fourth-order valence-electron chi connectivity index (χ4n) is 5.11. The Bertz CT molecular complexity index is 1560. The molecule has 2 aromatic carbocycles. The van der Waals surface area contributed by atoms with Crippen molar-refractivity contribution in [3.8, 4) is 11.5 Å². The third-order valence-electron chi connectivity index (χ3n) is 6.84. The van der Waals surface area contributed by atoms with Crippen molar-refractivity contribution >= 4 is 16.9 Å². The summed E-state index contributed by atoms with van der Waals surface area (Å²) in [6.07, 6.45) is 0.636. The molecular formula is C28H32N6O5. The fraction of sp³-hybridized carbons (Fsp3) is 0.393. The molecular weight excluding hydrogens is 500 g/mol. The first kappa shape index (κ1) is 26.4. The largest absolute Gasteiger partial charge is 0.465 e. The molecule has 1 atom stereocenters. The van der Waals surface area contributed by atoms with Crippen molar-refractivity contribution in [3.63, 3.8) is 0 Å². The topological polar surface area (TPSA) is 124 Å². The van der Waals surface area contributed by atoms with E-state index in [0.717, 1.165) is 27.6 Å². The van der Waals surface area contributed by atoms with Crippen molar-refractivity contribution in [2.75, 3.05) is 13.4 Å². The second-order valence-corrected chi connectivity index (χ2v) is 9.69. The lowest BCUT2D eigenvalue weighted by Crippen LogP contribution is -2.33. The van der Waals surface area contributed by atoms with Gasteiger partial charge in [0.25, 0.3) is 5.56 Å². The van der Waals surface area contributed by atoms with Crippen LogP contribution in [0.2, 0.25) is 0 Å². The summed E-state index contributed by atoms with van der Waals surface area (Å²) in [6.45, 7) is 8.99. The number of fused-ring (bicyclic) bond motifs is 2. The number of nitrogens with zero attached hydrogens (tertiary/aromatic N) is 5. The molecule has 39 heavy (non-hydrogen) atoms. The molecule has 2 aromatic heterocycles. The maximum absolute atomic E-state index is 13.3. The van der Waals surface area contributed by atoms with Gasteiger partial charge in [-0.25, -0.2) is 4.68 Å². The van der Waals surface area contributed by atoms with E-state index in [9.17, 15) is 9.59 Å².